The summed E-state index contributed by atoms with van der Waals surface area (Å²) in [5.41, 5.74) is 0. The van der Waals surface area contributed by atoms with Gasteiger partial charge in [0.05, 0.1) is 6.26 Å². The minimum absolute atomic E-state index is 0.206. The van der Waals surface area contributed by atoms with Crippen LogP contribution in [0.25, 0.3) is 0 Å². The van der Waals surface area contributed by atoms with Crippen LogP contribution in [-0.2, 0) is 9.53 Å². The van der Waals surface area contributed by atoms with Crippen LogP contribution in [0.5, 0.6) is 0 Å². The van der Waals surface area contributed by atoms with E-state index in [2.05, 4.69) is 11.3 Å². The number of hydrogen-bond acceptors (Lipinski definition) is 3. The van der Waals surface area contributed by atoms with Gasteiger partial charge >= 0.3 is 6.09 Å². The molecule has 0 bridgehead atoms. The van der Waals surface area contributed by atoms with Crippen LogP contribution in [0.1, 0.15) is 26.7 Å². The Morgan fingerprint density at radius 2 is 1.93 bits per heavy atom. The van der Waals surface area contributed by atoms with Crippen molar-refractivity contribution in [3.8, 4) is 0 Å². The number of amides is 1. The second kappa shape index (κ2) is 7.12. The van der Waals surface area contributed by atoms with Gasteiger partial charge in [-0.3, -0.25) is 4.79 Å². The molecule has 4 heteroatoms. The molecule has 0 radical (unpaired) electrons. The summed E-state index contributed by atoms with van der Waals surface area (Å²) in [6.45, 7) is 8.20. The molecule has 1 saturated heterocycles. The molecule has 0 unspecified atom stereocenters. The Morgan fingerprint density at radius 1 is 1.43 bits per heavy atom. The second-order valence-corrected chi connectivity index (χ2v) is 2.58. The Hall–Kier alpha value is -1.32. The first-order valence-corrected chi connectivity index (χ1v) is 4.82. The van der Waals surface area contributed by atoms with Gasteiger partial charge < -0.3 is 9.64 Å². The Kier molecular flexibility index (Phi) is 6.45. The van der Waals surface area contributed by atoms with Crippen LogP contribution in [0.3, 0.4) is 0 Å². The van der Waals surface area contributed by atoms with E-state index >= 15 is 0 Å². The quantitative estimate of drug-likeness (QED) is 0.606. The average Bonchev–Trinajstić information content (AvgIpc) is 2.22. The van der Waals surface area contributed by atoms with Gasteiger partial charge in [-0.2, -0.15) is 0 Å². The highest BCUT2D eigenvalue weighted by Gasteiger charge is 2.20. The van der Waals surface area contributed by atoms with Crippen LogP contribution in [0, 0.1) is 0 Å². The highest BCUT2D eigenvalue weighted by Crippen LogP contribution is 2.06. The third-order valence-electron chi connectivity index (χ3n) is 1.76. The first-order chi connectivity index (χ1) is 6.74. The monoisotopic (exact) mass is 199 g/mol. The first kappa shape index (κ1) is 12.7. The number of carbonyl (C=O) groups excluding carboxylic acids is 2. The lowest BCUT2D eigenvalue weighted by Gasteiger charge is -2.24. The van der Waals surface area contributed by atoms with E-state index in [0.29, 0.717) is 25.9 Å². The molecule has 1 aliphatic heterocycles. The van der Waals surface area contributed by atoms with E-state index in [0.717, 1.165) is 6.26 Å². The van der Waals surface area contributed by atoms with Crippen LogP contribution in [0.15, 0.2) is 12.8 Å². The molecule has 0 atom stereocenters. The third-order valence-corrected chi connectivity index (χ3v) is 1.76. The Bertz CT molecular complexity index is 203. The zero-order chi connectivity index (χ0) is 11.0. The van der Waals surface area contributed by atoms with Crippen molar-refractivity contribution in [2.45, 2.75) is 26.7 Å². The highest BCUT2D eigenvalue weighted by molar-refractivity contribution is 5.81. The molecule has 1 aliphatic rings. The normalized spacial score (nSPS) is 15.3. The van der Waals surface area contributed by atoms with Crippen LogP contribution >= 0.6 is 0 Å². The van der Waals surface area contributed by atoms with Gasteiger partial charge in [-0.1, -0.05) is 20.4 Å². The van der Waals surface area contributed by atoms with Gasteiger partial charge in [0.15, 0.2) is 0 Å². The standard InChI is InChI=1S/C8H11NO3.C2H6/c1-2-12-8(11)9-5-3-7(10)4-6-9;1-2/h2H,1,3-6H2;1-2H3. The van der Waals surface area contributed by atoms with Gasteiger partial charge in [-0.25, -0.2) is 4.79 Å². The smallest absolute Gasteiger partial charge is 0.414 e. The van der Waals surface area contributed by atoms with E-state index in [1.54, 1.807) is 0 Å². The third kappa shape index (κ3) is 4.07. The van der Waals surface area contributed by atoms with Gasteiger partial charge in [0.2, 0.25) is 0 Å². The van der Waals surface area contributed by atoms with Crippen LogP contribution in [0.4, 0.5) is 4.79 Å². The fraction of sp³-hybridized carbons (Fsp3) is 0.600. The molecule has 1 rings (SSSR count). The number of ketones is 1. The number of piperidine rings is 1. The number of Topliss-reactive ketones (excluding diaryl/α,β-unsaturated/α-hetero) is 1. The van der Waals surface area contributed by atoms with Crippen molar-refractivity contribution in [2.75, 3.05) is 13.1 Å². The maximum atomic E-state index is 11.0. The van der Waals surface area contributed by atoms with Crippen molar-refractivity contribution in [3.05, 3.63) is 12.8 Å². The summed E-state index contributed by atoms with van der Waals surface area (Å²) in [6.07, 6.45) is 1.55. The van der Waals surface area contributed by atoms with Crippen molar-refractivity contribution in [2.24, 2.45) is 0 Å². The van der Waals surface area contributed by atoms with Crippen molar-refractivity contribution < 1.29 is 14.3 Å². The number of carbonyl (C=O) groups is 2. The molecule has 0 aromatic carbocycles. The summed E-state index contributed by atoms with van der Waals surface area (Å²) in [5.74, 6) is 0.206. The lowest BCUT2D eigenvalue weighted by Crippen LogP contribution is -2.38. The minimum Gasteiger partial charge on any atom is -0.419 e. The second-order valence-electron chi connectivity index (χ2n) is 2.58. The molecule has 0 aromatic rings. The van der Waals surface area contributed by atoms with Crippen LogP contribution < -0.4 is 0 Å². The maximum Gasteiger partial charge on any atom is 0.414 e. The SMILES string of the molecule is C=COC(=O)N1CCC(=O)CC1.CC. The van der Waals surface area contributed by atoms with Crippen molar-refractivity contribution in [1.82, 2.24) is 4.90 Å². The lowest BCUT2D eigenvalue weighted by molar-refractivity contribution is -0.121. The molecule has 4 nitrogen and oxygen atoms in total. The number of hydrogen-bond donors (Lipinski definition) is 0. The largest absolute Gasteiger partial charge is 0.419 e. The molecule has 0 spiro atoms. The van der Waals surface area contributed by atoms with Gasteiger partial charge in [0.25, 0.3) is 0 Å². The molecule has 1 fully saturated rings. The van der Waals surface area contributed by atoms with Gasteiger partial charge in [0.1, 0.15) is 5.78 Å². The molecular weight excluding hydrogens is 182 g/mol. The zero-order valence-corrected chi connectivity index (χ0v) is 8.78. The molecule has 0 N–H and O–H groups in total. The highest BCUT2D eigenvalue weighted by atomic mass is 16.5. The summed E-state index contributed by atoms with van der Waals surface area (Å²) in [7, 11) is 0. The molecule has 0 aromatic heterocycles. The maximum absolute atomic E-state index is 11.0. The summed E-state index contributed by atoms with van der Waals surface area (Å²) in [5, 5.41) is 0. The summed E-state index contributed by atoms with van der Waals surface area (Å²) in [4.78, 5) is 23.3. The van der Waals surface area contributed by atoms with E-state index in [4.69, 9.17) is 0 Å². The summed E-state index contributed by atoms with van der Waals surface area (Å²) < 4.78 is 4.56. The van der Waals surface area contributed by atoms with E-state index in [1.807, 2.05) is 13.8 Å². The molecule has 1 heterocycles. The van der Waals surface area contributed by atoms with E-state index in [1.165, 1.54) is 4.90 Å². The zero-order valence-electron chi connectivity index (χ0n) is 8.78. The Labute approximate surface area is 84.5 Å². The Morgan fingerprint density at radius 3 is 2.36 bits per heavy atom. The predicted octanol–water partition coefficient (Wildman–Crippen LogP) is 1.96. The number of nitrogens with zero attached hydrogens (tertiary/aromatic N) is 1. The van der Waals surface area contributed by atoms with Gasteiger partial charge in [0, 0.05) is 25.9 Å². The van der Waals surface area contributed by atoms with Crippen molar-refractivity contribution >= 4 is 11.9 Å². The molecule has 80 valence electrons. The van der Waals surface area contributed by atoms with E-state index in [-0.39, 0.29) is 5.78 Å². The summed E-state index contributed by atoms with van der Waals surface area (Å²) in [6, 6.07) is 0. The first-order valence-electron chi connectivity index (χ1n) is 4.82. The number of ether oxygens (including phenoxy) is 1. The fourth-order valence-electron chi connectivity index (χ4n) is 1.08. The molecule has 0 aliphatic carbocycles. The summed E-state index contributed by atoms with van der Waals surface area (Å²) >= 11 is 0. The van der Waals surface area contributed by atoms with Gasteiger partial charge in [-0.05, 0) is 0 Å². The lowest BCUT2D eigenvalue weighted by atomic mass is 10.1. The van der Waals surface area contributed by atoms with E-state index < -0.39 is 6.09 Å². The fourth-order valence-corrected chi connectivity index (χ4v) is 1.08. The molecular formula is C10H17NO3. The van der Waals surface area contributed by atoms with Gasteiger partial charge in [-0.15, -0.1) is 0 Å². The van der Waals surface area contributed by atoms with E-state index in [9.17, 15) is 9.59 Å². The van der Waals surface area contributed by atoms with Crippen molar-refractivity contribution in [1.29, 1.82) is 0 Å². The molecule has 0 saturated carbocycles. The molecule has 14 heavy (non-hydrogen) atoms. The Balaban J connectivity index is 0.000000791. The number of likely N-dealkylation sites (tertiary alicyclic amines) is 1. The predicted molar refractivity (Wildman–Crippen MR) is 53.8 cm³/mol. The number of rotatable bonds is 1. The van der Waals surface area contributed by atoms with Crippen molar-refractivity contribution in [3.63, 3.8) is 0 Å². The molecule has 1 amide bonds. The topological polar surface area (TPSA) is 46.6 Å². The average molecular weight is 199 g/mol. The van der Waals surface area contributed by atoms with Crippen LogP contribution in [0.2, 0.25) is 0 Å². The van der Waals surface area contributed by atoms with Crippen LogP contribution in [-0.4, -0.2) is 29.9 Å². The minimum atomic E-state index is -0.419.